The van der Waals surface area contributed by atoms with Crippen LogP contribution in [0.15, 0.2) is 4.52 Å². The maximum atomic E-state index is 12.2. The Kier molecular flexibility index (Phi) is 2.92. The number of nitrogens with zero attached hydrogens (tertiary/aromatic N) is 2. The predicted molar refractivity (Wildman–Crippen MR) is 74.3 cm³/mol. The summed E-state index contributed by atoms with van der Waals surface area (Å²) in [5.41, 5.74) is 3.46. The highest BCUT2D eigenvalue weighted by molar-refractivity contribution is 6.04. The minimum Gasteiger partial charge on any atom is -0.381 e. The number of carbonyl (C=O) groups is 1. The van der Waals surface area contributed by atoms with Gasteiger partial charge in [-0.3, -0.25) is 4.79 Å². The van der Waals surface area contributed by atoms with Gasteiger partial charge in [0.2, 0.25) is 0 Å². The van der Waals surface area contributed by atoms with Crippen LogP contribution in [-0.2, 0) is 11.2 Å². The van der Waals surface area contributed by atoms with E-state index in [0.29, 0.717) is 24.7 Å². The number of aromatic amines is 1. The Bertz CT molecular complexity index is 695. The summed E-state index contributed by atoms with van der Waals surface area (Å²) in [5.74, 6) is 1.50. The molecule has 1 aliphatic carbocycles. The van der Waals surface area contributed by atoms with Crippen LogP contribution in [0.5, 0.6) is 0 Å². The fourth-order valence-electron chi connectivity index (χ4n) is 3.24. The average molecular weight is 287 g/mol. The second-order valence-electron chi connectivity index (χ2n) is 5.77. The van der Waals surface area contributed by atoms with Crippen LogP contribution in [0.2, 0.25) is 0 Å². The molecule has 2 aromatic heterocycles. The van der Waals surface area contributed by atoms with E-state index in [0.717, 1.165) is 48.4 Å². The van der Waals surface area contributed by atoms with Gasteiger partial charge < -0.3 is 14.2 Å². The Balaban J connectivity index is 1.76. The first-order valence-corrected chi connectivity index (χ1v) is 7.40. The molecule has 1 N–H and O–H groups in total. The molecule has 3 heterocycles. The van der Waals surface area contributed by atoms with Crippen molar-refractivity contribution in [3.05, 3.63) is 22.8 Å². The molecule has 1 atom stereocenters. The number of aryl methyl sites for hydroxylation is 2. The average Bonchev–Trinajstić information content (AvgIpc) is 3.16. The number of nitrogens with one attached hydrogen (secondary N) is 1. The molecule has 6 nitrogen and oxygen atoms in total. The lowest BCUT2D eigenvalue weighted by Gasteiger charge is -2.10. The molecule has 0 aromatic carbocycles. The van der Waals surface area contributed by atoms with Gasteiger partial charge in [0, 0.05) is 30.3 Å². The van der Waals surface area contributed by atoms with Crippen molar-refractivity contribution in [1.29, 1.82) is 0 Å². The molecule has 0 saturated carbocycles. The third-order valence-corrected chi connectivity index (χ3v) is 4.33. The summed E-state index contributed by atoms with van der Waals surface area (Å²) in [6.45, 7) is 3.33. The highest BCUT2D eigenvalue weighted by Crippen LogP contribution is 2.34. The zero-order valence-corrected chi connectivity index (χ0v) is 11.9. The van der Waals surface area contributed by atoms with Crippen LogP contribution in [0, 0.1) is 6.92 Å². The van der Waals surface area contributed by atoms with Crippen molar-refractivity contribution in [2.45, 2.75) is 38.5 Å². The Morgan fingerprint density at radius 3 is 3.00 bits per heavy atom. The van der Waals surface area contributed by atoms with Crippen LogP contribution in [-0.4, -0.2) is 34.1 Å². The van der Waals surface area contributed by atoms with Crippen LogP contribution in [0.1, 0.15) is 52.8 Å². The van der Waals surface area contributed by atoms with E-state index >= 15 is 0 Å². The molecule has 0 amide bonds. The van der Waals surface area contributed by atoms with Gasteiger partial charge in [0.1, 0.15) is 0 Å². The molecule has 0 spiro atoms. The van der Waals surface area contributed by atoms with Gasteiger partial charge in [0.25, 0.3) is 5.89 Å². The van der Waals surface area contributed by atoms with Gasteiger partial charge in [-0.2, -0.15) is 4.98 Å². The number of hydrogen-bond acceptors (Lipinski definition) is 5. The van der Waals surface area contributed by atoms with E-state index in [1.54, 1.807) is 0 Å². The normalized spacial score (nSPS) is 21.8. The fraction of sp³-hybridized carbons (Fsp3) is 0.533. The number of H-pyrrole nitrogens is 1. The highest BCUT2D eigenvalue weighted by Gasteiger charge is 2.30. The number of Topliss-reactive ketones (excluding diaryl/α,β-unsaturated/α-hetero) is 1. The molecule has 1 aliphatic heterocycles. The van der Waals surface area contributed by atoms with Crippen molar-refractivity contribution in [1.82, 2.24) is 15.1 Å². The summed E-state index contributed by atoms with van der Waals surface area (Å²) >= 11 is 0. The maximum Gasteiger partial charge on any atom is 0.260 e. The number of hydrogen-bond donors (Lipinski definition) is 1. The van der Waals surface area contributed by atoms with E-state index in [4.69, 9.17) is 9.26 Å². The standard InChI is InChI=1S/C15H17N3O3/c1-8-12(13-10(16-8)3-2-4-11(13)19)15-17-14(18-21-15)9-5-6-20-7-9/h9,16H,2-7H2,1H3/t9-/m0/s1. The smallest absolute Gasteiger partial charge is 0.260 e. The Hall–Kier alpha value is -1.95. The number of carbonyl (C=O) groups excluding carboxylic acids is 1. The molecule has 0 radical (unpaired) electrons. The summed E-state index contributed by atoms with van der Waals surface area (Å²) in [6.07, 6.45) is 3.32. The topological polar surface area (TPSA) is 81.0 Å². The molecule has 2 aliphatic rings. The summed E-state index contributed by atoms with van der Waals surface area (Å²) in [7, 11) is 0. The number of rotatable bonds is 2. The van der Waals surface area contributed by atoms with Gasteiger partial charge in [0.15, 0.2) is 11.6 Å². The molecule has 0 bridgehead atoms. The first-order chi connectivity index (χ1) is 10.2. The number of aromatic nitrogens is 3. The minimum absolute atomic E-state index is 0.166. The first kappa shape index (κ1) is 12.8. The van der Waals surface area contributed by atoms with Crippen molar-refractivity contribution >= 4 is 5.78 Å². The van der Waals surface area contributed by atoms with Gasteiger partial charge in [-0.15, -0.1) is 0 Å². The van der Waals surface area contributed by atoms with Crippen LogP contribution in [0.4, 0.5) is 0 Å². The van der Waals surface area contributed by atoms with Crippen molar-refractivity contribution in [3.63, 3.8) is 0 Å². The molecule has 1 fully saturated rings. The molecular formula is C15H17N3O3. The minimum atomic E-state index is 0.166. The zero-order chi connectivity index (χ0) is 14.4. The van der Waals surface area contributed by atoms with E-state index in [-0.39, 0.29) is 11.7 Å². The molecule has 110 valence electrons. The monoisotopic (exact) mass is 287 g/mol. The number of fused-ring (bicyclic) bond motifs is 1. The third-order valence-electron chi connectivity index (χ3n) is 4.33. The van der Waals surface area contributed by atoms with Gasteiger partial charge in [0.05, 0.1) is 17.7 Å². The maximum absolute atomic E-state index is 12.2. The summed E-state index contributed by atoms with van der Waals surface area (Å²) < 4.78 is 10.8. The lowest BCUT2D eigenvalue weighted by Crippen LogP contribution is -2.10. The van der Waals surface area contributed by atoms with Gasteiger partial charge >= 0.3 is 0 Å². The third kappa shape index (κ3) is 2.01. The van der Waals surface area contributed by atoms with E-state index in [1.165, 1.54) is 0 Å². The van der Waals surface area contributed by atoms with E-state index in [1.807, 2.05) is 6.92 Å². The van der Waals surface area contributed by atoms with Crippen molar-refractivity contribution in [2.24, 2.45) is 0 Å². The molecule has 6 heteroatoms. The SMILES string of the molecule is Cc1[nH]c2c(c1-c1nc([C@H]3CCOC3)no1)C(=O)CCC2. The fourth-order valence-corrected chi connectivity index (χ4v) is 3.24. The van der Waals surface area contributed by atoms with E-state index < -0.39 is 0 Å². The van der Waals surface area contributed by atoms with Crippen LogP contribution < -0.4 is 0 Å². The molecule has 21 heavy (non-hydrogen) atoms. The van der Waals surface area contributed by atoms with Gasteiger partial charge in [-0.05, 0) is 26.2 Å². The number of ketones is 1. The number of ether oxygens (including phenoxy) is 1. The summed E-state index contributed by atoms with van der Waals surface area (Å²) in [6, 6.07) is 0. The molecule has 1 saturated heterocycles. The summed E-state index contributed by atoms with van der Waals surface area (Å²) in [4.78, 5) is 20.0. The van der Waals surface area contributed by atoms with Crippen LogP contribution >= 0.6 is 0 Å². The summed E-state index contributed by atoms with van der Waals surface area (Å²) in [5, 5.41) is 4.08. The molecular weight excluding hydrogens is 270 g/mol. The molecule has 2 aromatic rings. The van der Waals surface area contributed by atoms with E-state index in [2.05, 4.69) is 15.1 Å². The second-order valence-corrected chi connectivity index (χ2v) is 5.77. The van der Waals surface area contributed by atoms with Crippen molar-refractivity contribution < 1.29 is 14.1 Å². The molecule has 4 rings (SSSR count). The Morgan fingerprint density at radius 2 is 2.19 bits per heavy atom. The zero-order valence-electron chi connectivity index (χ0n) is 11.9. The first-order valence-electron chi connectivity index (χ1n) is 7.40. The lowest BCUT2D eigenvalue weighted by atomic mass is 9.93. The Labute approximate surface area is 121 Å². The van der Waals surface area contributed by atoms with Crippen LogP contribution in [0.3, 0.4) is 0 Å². The Morgan fingerprint density at radius 1 is 1.29 bits per heavy atom. The highest BCUT2D eigenvalue weighted by atomic mass is 16.5. The predicted octanol–water partition coefficient (Wildman–Crippen LogP) is 2.40. The quantitative estimate of drug-likeness (QED) is 0.917. The molecule has 0 unspecified atom stereocenters. The largest absolute Gasteiger partial charge is 0.381 e. The van der Waals surface area contributed by atoms with Gasteiger partial charge in [-0.25, -0.2) is 0 Å². The second kappa shape index (κ2) is 4.80. The van der Waals surface area contributed by atoms with Crippen molar-refractivity contribution in [3.8, 4) is 11.5 Å². The van der Waals surface area contributed by atoms with Gasteiger partial charge in [-0.1, -0.05) is 5.16 Å². The van der Waals surface area contributed by atoms with Crippen molar-refractivity contribution in [2.75, 3.05) is 13.2 Å². The van der Waals surface area contributed by atoms with Crippen LogP contribution in [0.25, 0.3) is 11.5 Å². The lowest BCUT2D eigenvalue weighted by molar-refractivity contribution is 0.0973. The van der Waals surface area contributed by atoms with E-state index in [9.17, 15) is 4.79 Å².